The molecule has 0 fully saturated rings. The standard InChI is InChI=1S/C15H17F2N3O3S/c1-15(2,3)12-19-20-14(24-12)18-11(21)8-5-6-9(23-13(16)17)10(7-8)22-4/h5-7,13H,1-4H3,(H,18,20,21). The maximum atomic E-state index is 12.3. The lowest BCUT2D eigenvalue weighted by Crippen LogP contribution is -2.12. The normalized spacial score (nSPS) is 11.5. The summed E-state index contributed by atoms with van der Waals surface area (Å²) >= 11 is 1.28. The Hall–Kier alpha value is -2.29. The Balaban J connectivity index is 2.16. The van der Waals surface area contributed by atoms with Crippen LogP contribution in [0.25, 0.3) is 0 Å². The predicted octanol–water partition coefficient (Wildman–Crippen LogP) is 3.70. The third-order valence-corrected chi connectivity index (χ3v) is 4.19. The molecule has 2 rings (SSSR count). The molecule has 0 spiro atoms. The molecule has 0 aliphatic heterocycles. The smallest absolute Gasteiger partial charge is 0.387 e. The van der Waals surface area contributed by atoms with Crippen molar-refractivity contribution in [2.24, 2.45) is 0 Å². The lowest BCUT2D eigenvalue weighted by molar-refractivity contribution is -0.0512. The predicted molar refractivity (Wildman–Crippen MR) is 86.2 cm³/mol. The van der Waals surface area contributed by atoms with Crippen molar-refractivity contribution in [1.29, 1.82) is 0 Å². The van der Waals surface area contributed by atoms with Crippen molar-refractivity contribution >= 4 is 22.4 Å². The minimum atomic E-state index is -2.98. The zero-order valence-corrected chi connectivity index (χ0v) is 14.4. The van der Waals surface area contributed by atoms with Gasteiger partial charge in [-0.2, -0.15) is 8.78 Å². The van der Waals surface area contributed by atoms with E-state index in [-0.39, 0.29) is 22.5 Å². The summed E-state index contributed by atoms with van der Waals surface area (Å²) in [5.41, 5.74) is 0.0546. The van der Waals surface area contributed by atoms with E-state index in [1.165, 1.54) is 36.6 Å². The minimum Gasteiger partial charge on any atom is -0.493 e. The van der Waals surface area contributed by atoms with Crippen LogP contribution in [0.3, 0.4) is 0 Å². The molecule has 2 aromatic rings. The first-order valence-electron chi connectivity index (χ1n) is 6.99. The van der Waals surface area contributed by atoms with Gasteiger partial charge in [-0.3, -0.25) is 10.1 Å². The van der Waals surface area contributed by atoms with Gasteiger partial charge in [0.2, 0.25) is 5.13 Å². The van der Waals surface area contributed by atoms with Crippen LogP contribution in [0.2, 0.25) is 0 Å². The van der Waals surface area contributed by atoms with Gasteiger partial charge in [-0.05, 0) is 18.2 Å². The SMILES string of the molecule is COc1cc(C(=O)Nc2nnc(C(C)(C)C)s2)ccc1OC(F)F. The van der Waals surface area contributed by atoms with Gasteiger partial charge < -0.3 is 9.47 Å². The highest BCUT2D eigenvalue weighted by atomic mass is 32.1. The largest absolute Gasteiger partial charge is 0.493 e. The van der Waals surface area contributed by atoms with Gasteiger partial charge in [-0.15, -0.1) is 10.2 Å². The van der Waals surface area contributed by atoms with E-state index in [1.807, 2.05) is 20.8 Å². The fourth-order valence-electron chi connectivity index (χ4n) is 1.75. The summed E-state index contributed by atoms with van der Waals surface area (Å²) in [4.78, 5) is 12.3. The van der Waals surface area contributed by atoms with Gasteiger partial charge in [-0.1, -0.05) is 32.1 Å². The van der Waals surface area contributed by atoms with E-state index in [1.54, 1.807) is 0 Å². The number of halogens is 2. The average molecular weight is 357 g/mol. The Morgan fingerprint density at radius 3 is 2.50 bits per heavy atom. The number of ether oxygens (including phenoxy) is 2. The molecule has 9 heteroatoms. The van der Waals surface area contributed by atoms with Crippen LogP contribution in [0.15, 0.2) is 18.2 Å². The number of aromatic nitrogens is 2. The van der Waals surface area contributed by atoms with Crippen molar-refractivity contribution in [1.82, 2.24) is 10.2 Å². The van der Waals surface area contributed by atoms with Crippen LogP contribution in [0.5, 0.6) is 11.5 Å². The summed E-state index contributed by atoms with van der Waals surface area (Å²) in [6.45, 7) is 3.00. The molecule has 1 amide bonds. The van der Waals surface area contributed by atoms with E-state index in [2.05, 4.69) is 20.3 Å². The Kier molecular flexibility index (Phi) is 5.33. The molecule has 1 aromatic carbocycles. The van der Waals surface area contributed by atoms with Gasteiger partial charge in [0.25, 0.3) is 5.91 Å². The average Bonchev–Trinajstić information content (AvgIpc) is 2.95. The third-order valence-electron chi connectivity index (χ3n) is 2.93. The summed E-state index contributed by atoms with van der Waals surface area (Å²) in [5.74, 6) is -0.556. The van der Waals surface area contributed by atoms with Crippen LogP contribution < -0.4 is 14.8 Å². The molecule has 130 valence electrons. The van der Waals surface area contributed by atoms with Crippen LogP contribution >= 0.6 is 11.3 Å². The molecule has 0 saturated heterocycles. The number of hydrogen-bond donors (Lipinski definition) is 1. The Labute approximate surface area is 141 Å². The van der Waals surface area contributed by atoms with Crippen molar-refractivity contribution in [3.8, 4) is 11.5 Å². The highest BCUT2D eigenvalue weighted by Crippen LogP contribution is 2.31. The Bertz CT molecular complexity index is 729. The third kappa shape index (κ3) is 4.38. The van der Waals surface area contributed by atoms with Crippen molar-refractivity contribution in [2.45, 2.75) is 32.8 Å². The molecule has 0 radical (unpaired) electrons. The van der Waals surface area contributed by atoms with Gasteiger partial charge in [0.05, 0.1) is 7.11 Å². The second-order valence-corrected chi connectivity index (χ2v) is 6.84. The highest BCUT2D eigenvalue weighted by molar-refractivity contribution is 7.15. The molecule has 1 aromatic heterocycles. The van der Waals surface area contributed by atoms with Gasteiger partial charge in [-0.25, -0.2) is 0 Å². The number of anilines is 1. The van der Waals surface area contributed by atoms with E-state index in [9.17, 15) is 13.6 Å². The molecule has 0 aliphatic carbocycles. The number of methoxy groups -OCH3 is 1. The second-order valence-electron chi connectivity index (χ2n) is 5.86. The van der Waals surface area contributed by atoms with E-state index >= 15 is 0 Å². The number of hydrogen-bond acceptors (Lipinski definition) is 6. The zero-order chi connectivity index (χ0) is 17.9. The van der Waals surface area contributed by atoms with Gasteiger partial charge in [0.1, 0.15) is 5.01 Å². The van der Waals surface area contributed by atoms with E-state index < -0.39 is 12.5 Å². The first kappa shape index (κ1) is 18.1. The summed E-state index contributed by atoms with van der Waals surface area (Å²) in [6.07, 6.45) is 0. The summed E-state index contributed by atoms with van der Waals surface area (Å²) in [7, 11) is 1.30. The second kappa shape index (κ2) is 7.08. The number of nitrogens with zero attached hydrogens (tertiary/aromatic N) is 2. The van der Waals surface area contributed by atoms with E-state index in [0.29, 0.717) is 5.13 Å². The molecule has 1 heterocycles. The van der Waals surface area contributed by atoms with Crippen molar-refractivity contribution in [3.63, 3.8) is 0 Å². The molecule has 0 atom stereocenters. The van der Waals surface area contributed by atoms with Crippen molar-refractivity contribution in [2.75, 3.05) is 12.4 Å². The molecule has 24 heavy (non-hydrogen) atoms. The van der Waals surface area contributed by atoms with Crippen LogP contribution in [0.1, 0.15) is 36.1 Å². The van der Waals surface area contributed by atoms with Crippen LogP contribution in [-0.2, 0) is 5.41 Å². The molecule has 0 unspecified atom stereocenters. The van der Waals surface area contributed by atoms with Gasteiger partial charge in [0.15, 0.2) is 11.5 Å². The number of carbonyl (C=O) groups is 1. The number of alkyl halides is 2. The fraction of sp³-hybridized carbons (Fsp3) is 0.400. The molecular weight excluding hydrogens is 340 g/mol. The molecule has 0 bridgehead atoms. The van der Waals surface area contributed by atoms with Crippen molar-refractivity contribution in [3.05, 3.63) is 28.8 Å². The quantitative estimate of drug-likeness (QED) is 0.883. The molecular formula is C15H17F2N3O3S. The van der Waals surface area contributed by atoms with Crippen LogP contribution in [-0.4, -0.2) is 29.8 Å². The molecule has 1 N–H and O–H groups in total. The van der Waals surface area contributed by atoms with Crippen molar-refractivity contribution < 1.29 is 23.0 Å². The number of benzene rings is 1. The lowest BCUT2D eigenvalue weighted by Gasteiger charge is -2.12. The maximum absolute atomic E-state index is 12.3. The minimum absolute atomic E-state index is 0.0376. The fourth-order valence-corrected chi connectivity index (χ4v) is 2.54. The van der Waals surface area contributed by atoms with Crippen LogP contribution in [0.4, 0.5) is 13.9 Å². The summed E-state index contributed by atoms with van der Waals surface area (Å²) < 4.78 is 33.9. The Morgan fingerprint density at radius 2 is 1.96 bits per heavy atom. The molecule has 0 saturated carbocycles. The summed E-state index contributed by atoms with van der Waals surface area (Å²) in [5, 5.41) is 11.7. The first-order chi connectivity index (χ1) is 11.2. The maximum Gasteiger partial charge on any atom is 0.387 e. The number of rotatable bonds is 5. The lowest BCUT2D eigenvalue weighted by atomic mass is 9.98. The molecule has 0 aliphatic rings. The Morgan fingerprint density at radius 1 is 1.25 bits per heavy atom. The number of nitrogens with one attached hydrogen (secondary N) is 1. The zero-order valence-electron chi connectivity index (χ0n) is 13.6. The van der Waals surface area contributed by atoms with Gasteiger partial charge in [0, 0.05) is 11.0 Å². The highest BCUT2D eigenvalue weighted by Gasteiger charge is 2.21. The van der Waals surface area contributed by atoms with E-state index in [4.69, 9.17) is 4.74 Å². The first-order valence-corrected chi connectivity index (χ1v) is 7.80. The van der Waals surface area contributed by atoms with Gasteiger partial charge >= 0.3 is 6.61 Å². The van der Waals surface area contributed by atoms with Crippen LogP contribution in [0, 0.1) is 0 Å². The topological polar surface area (TPSA) is 73.3 Å². The summed E-state index contributed by atoms with van der Waals surface area (Å²) in [6, 6.07) is 3.93. The number of amides is 1. The van der Waals surface area contributed by atoms with E-state index in [0.717, 1.165) is 5.01 Å². The number of carbonyl (C=O) groups excluding carboxylic acids is 1. The molecule has 6 nitrogen and oxygen atoms in total. The monoisotopic (exact) mass is 357 g/mol.